The fourth-order valence-corrected chi connectivity index (χ4v) is 3.17. The van der Waals surface area contributed by atoms with Gasteiger partial charge in [-0.25, -0.2) is 4.79 Å². The van der Waals surface area contributed by atoms with Crippen LogP contribution >= 0.6 is 0 Å². The lowest BCUT2D eigenvalue weighted by Crippen LogP contribution is -2.52. The van der Waals surface area contributed by atoms with Crippen molar-refractivity contribution in [1.82, 2.24) is 15.6 Å². The summed E-state index contributed by atoms with van der Waals surface area (Å²) in [5.74, 6) is -0.367. The highest BCUT2D eigenvalue weighted by molar-refractivity contribution is 5.86. The zero-order chi connectivity index (χ0) is 21.4. The number of ether oxygens (including phenoxy) is 2. The number of hydrogen-bond donors (Lipinski definition) is 2. The van der Waals surface area contributed by atoms with Crippen molar-refractivity contribution in [2.45, 2.75) is 83.9 Å². The Kier molecular flexibility index (Phi) is 7.99. The van der Waals surface area contributed by atoms with Gasteiger partial charge in [0.15, 0.2) is 0 Å². The molecule has 2 N–H and O–H groups in total. The minimum absolute atomic E-state index is 0.124. The molecule has 1 aliphatic carbocycles. The lowest BCUT2D eigenvalue weighted by Gasteiger charge is -2.27. The highest BCUT2D eigenvalue weighted by Gasteiger charge is 2.27. The van der Waals surface area contributed by atoms with E-state index in [0.29, 0.717) is 11.4 Å². The van der Waals surface area contributed by atoms with Crippen molar-refractivity contribution >= 4 is 18.0 Å². The van der Waals surface area contributed by atoms with Crippen LogP contribution in [0.15, 0.2) is 18.3 Å². The number of carbonyl (C=O) groups is 3. The van der Waals surface area contributed by atoms with E-state index in [1.54, 1.807) is 32.9 Å². The van der Waals surface area contributed by atoms with Crippen molar-refractivity contribution in [3.63, 3.8) is 0 Å². The zero-order valence-corrected chi connectivity index (χ0v) is 17.6. The first-order valence-corrected chi connectivity index (χ1v) is 10.1. The summed E-state index contributed by atoms with van der Waals surface area (Å²) >= 11 is 0. The topological polar surface area (TPSA) is 107 Å². The maximum absolute atomic E-state index is 12.9. The predicted molar refractivity (Wildman–Crippen MR) is 107 cm³/mol. The van der Waals surface area contributed by atoms with E-state index in [-0.39, 0.29) is 18.4 Å². The summed E-state index contributed by atoms with van der Waals surface area (Å²) in [5.41, 5.74) is -0.0842. The van der Waals surface area contributed by atoms with E-state index < -0.39 is 23.7 Å². The molecular weight excluding hydrogens is 374 g/mol. The lowest BCUT2D eigenvalue weighted by molar-refractivity contribution is -0.132. The van der Waals surface area contributed by atoms with Gasteiger partial charge in [-0.05, 0) is 45.7 Å². The SMILES string of the molecule is CC(=O)Oc1ccc(CC(NC(=O)OC(C)(C)C)C(=O)NC2CCCCC2)nc1. The summed E-state index contributed by atoms with van der Waals surface area (Å²) in [6, 6.07) is 2.57. The molecule has 0 aromatic carbocycles. The van der Waals surface area contributed by atoms with E-state index in [0.717, 1.165) is 25.7 Å². The molecule has 1 heterocycles. The second kappa shape index (κ2) is 10.2. The van der Waals surface area contributed by atoms with Crippen LogP contribution in [-0.4, -0.2) is 40.6 Å². The number of rotatable bonds is 6. The van der Waals surface area contributed by atoms with Gasteiger partial charge in [0, 0.05) is 25.1 Å². The Labute approximate surface area is 171 Å². The third-order valence-electron chi connectivity index (χ3n) is 4.43. The summed E-state index contributed by atoms with van der Waals surface area (Å²) in [5, 5.41) is 5.70. The molecule has 0 bridgehead atoms. The predicted octanol–water partition coefficient (Wildman–Crippen LogP) is 2.89. The van der Waals surface area contributed by atoms with Gasteiger partial charge in [-0.1, -0.05) is 19.3 Å². The van der Waals surface area contributed by atoms with Crippen LogP contribution in [-0.2, 0) is 20.7 Å². The number of pyridine rings is 1. The molecule has 0 spiro atoms. The van der Waals surface area contributed by atoms with E-state index in [9.17, 15) is 14.4 Å². The van der Waals surface area contributed by atoms with E-state index in [2.05, 4.69) is 15.6 Å². The number of esters is 1. The molecule has 1 saturated carbocycles. The molecule has 2 amide bonds. The van der Waals surface area contributed by atoms with Crippen molar-refractivity contribution in [2.75, 3.05) is 0 Å². The fourth-order valence-electron chi connectivity index (χ4n) is 3.17. The third-order valence-corrected chi connectivity index (χ3v) is 4.43. The van der Waals surface area contributed by atoms with E-state index in [1.807, 2.05) is 0 Å². The van der Waals surface area contributed by atoms with E-state index in [4.69, 9.17) is 9.47 Å². The number of hydrogen-bond acceptors (Lipinski definition) is 6. The van der Waals surface area contributed by atoms with Crippen LogP contribution in [0, 0.1) is 0 Å². The Morgan fingerprint density at radius 1 is 1.17 bits per heavy atom. The van der Waals surface area contributed by atoms with Crippen LogP contribution < -0.4 is 15.4 Å². The van der Waals surface area contributed by atoms with Gasteiger partial charge in [-0.3, -0.25) is 14.6 Å². The molecule has 1 fully saturated rings. The lowest BCUT2D eigenvalue weighted by atomic mass is 9.95. The van der Waals surface area contributed by atoms with Crippen LogP contribution in [0.2, 0.25) is 0 Å². The van der Waals surface area contributed by atoms with Crippen LogP contribution in [0.4, 0.5) is 4.79 Å². The summed E-state index contributed by atoms with van der Waals surface area (Å²) < 4.78 is 10.3. The number of alkyl carbamates (subject to hydrolysis) is 1. The molecule has 2 rings (SSSR count). The molecule has 8 heteroatoms. The van der Waals surface area contributed by atoms with Crippen molar-refractivity contribution in [2.24, 2.45) is 0 Å². The van der Waals surface area contributed by atoms with Crippen LogP contribution in [0.1, 0.15) is 65.5 Å². The van der Waals surface area contributed by atoms with Gasteiger partial charge in [0.2, 0.25) is 5.91 Å². The van der Waals surface area contributed by atoms with Gasteiger partial charge in [0.1, 0.15) is 17.4 Å². The van der Waals surface area contributed by atoms with Gasteiger partial charge < -0.3 is 20.1 Å². The Morgan fingerprint density at radius 2 is 1.86 bits per heavy atom. The second-order valence-electron chi connectivity index (χ2n) is 8.33. The largest absolute Gasteiger partial charge is 0.444 e. The molecule has 0 radical (unpaired) electrons. The number of aromatic nitrogens is 1. The Hall–Kier alpha value is -2.64. The van der Waals surface area contributed by atoms with Crippen molar-refractivity contribution in [3.8, 4) is 5.75 Å². The molecule has 160 valence electrons. The van der Waals surface area contributed by atoms with Gasteiger partial charge in [0.25, 0.3) is 0 Å². The highest BCUT2D eigenvalue weighted by Crippen LogP contribution is 2.18. The molecule has 1 aromatic heterocycles. The minimum atomic E-state index is -0.821. The molecule has 0 aliphatic heterocycles. The molecule has 1 atom stereocenters. The van der Waals surface area contributed by atoms with E-state index >= 15 is 0 Å². The van der Waals surface area contributed by atoms with Gasteiger partial charge in [0.05, 0.1) is 6.20 Å². The zero-order valence-electron chi connectivity index (χ0n) is 17.6. The monoisotopic (exact) mass is 405 g/mol. The first kappa shape index (κ1) is 22.6. The minimum Gasteiger partial charge on any atom is -0.444 e. The fraction of sp³-hybridized carbons (Fsp3) is 0.619. The van der Waals surface area contributed by atoms with E-state index in [1.165, 1.54) is 19.5 Å². The number of nitrogens with zero attached hydrogens (tertiary/aromatic N) is 1. The average molecular weight is 405 g/mol. The maximum atomic E-state index is 12.9. The van der Waals surface area contributed by atoms with Crippen molar-refractivity contribution in [1.29, 1.82) is 0 Å². The molecule has 8 nitrogen and oxygen atoms in total. The smallest absolute Gasteiger partial charge is 0.408 e. The molecule has 0 saturated heterocycles. The maximum Gasteiger partial charge on any atom is 0.408 e. The molecular formula is C21H31N3O5. The highest BCUT2D eigenvalue weighted by atomic mass is 16.6. The molecule has 1 aliphatic rings. The number of nitrogens with one attached hydrogen (secondary N) is 2. The summed E-state index contributed by atoms with van der Waals surface area (Å²) in [6.07, 6.45) is 6.21. The van der Waals surface area contributed by atoms with Gasteiger partial charge in [-0.15, -0.1) is 0 Å². The molecule has 1 aromatic rings. The Balaban J connectivity index is 2.06. The van der Waals surface area contributed by atoms with Crippen LogP contribution in [0.5, 0.6) is 5.75 Å². The summed E-state index contributed by atoms with van der Waals surface area (Å²) in [6.45, 7) is 6.60. The van der Waals surface area contributed by atoms with Gasteiger partial charge in [-0.2, -0.15) is 0 Å². The Morgan fingerprint density at radius 3 is 2.41 bits per heavy atom. The molecule has 1 unspecified atom stereocenters. The number of carbonyl (C=O) groups excluding carboxylic acids is 3. The van der Waals surface area contributed by atoms with Crippen molar-refractivity contribution in [3.05, 3.63) is 24.0 Å². The first-order valence-electron chi connectivity index (χ1n) is 10.1. The molecule has 29 heavy (non-hydrogen) atoms. The standard InChI is InChI=1S/C21H31N3O5/c1-14(25)28-17-11-10-16(22-13-17)12-18(24-20(27)29-21(2,3)4)19(26)23-15-8-6-5-7-9-15/h10-11,13,15,18H,5-9,12H2,1-4H3,(H,23,26)(H,24,27). The van der Waals surface area contributed by atoms with Gasteiger partial charge >= 0.3 is 12.1 Å². The second-order valence-corrected chi connectivity index (χ2v) is 8.33. The average Bonchev–Trinajstić information content (AvgIpc) is 2.61. The van der Waals surface area contributed by atoms with Crippen LogP contribution in [0.3, 0.4) is 0 Å². The number of amides is 2. The third kappa shape index (κ3) is 8.50. The Bertz CT molecular complexity index is 706. The quantitative estimate of drug-likeness (QED) is 0.705. The normalized spacial score (nSPS) is 15.9. The first-order chi connectivity index (χ1) is 13.6. The van der Waals surface area contributed by atoms with Crippen molar-refractivity contribution < 1.29 is 23.9 Å². The summed E-state index contributed by atoms with van der Waals surface area (Å²) in [7, 11) is 0. The summed E-state index contributed by atoms with van der Waals surface area (Å²) in [4.78, 5) is 40.3. The van der Waals surface area contributed by atoms with Crippen LogP contribution in [0.25, 0.3) is 0 Å².